The maximum atomic E-state index is 11.4. The van der Waals surface area contributed by atoms with Crippen molar-refractivity contribution in [3.63, 3.8) is 0 Å². The van der Waals surface area contributed by atoms with Crippen LogP contribution in [0.25, 0.3) is 0 Å². The molecular weight excluding hydrogens is 258 g/mol. The third-order valence-electron chi connectivity index (χ3n) is 3.10. The molecule has 2 aromatic rings. The molecule has 1 unspecified atom stereocenters. The minimum absolute atomic E-state index is 0.232. The average molecular weight is 273 g/mol. The first-order valence-corrected chi connectivity index (χ1v) is 6.14. The van der Waals surface area contributed by atoms with Crippen LogP contribution in [0.5, 0.6) is 0 Å². The number of hydrogen-bond donors (Lipinski definition) is 2. The zero-order chi connectivity index (χ0) is 14.5. The van der Waals surface area contributed by atoms with Crippen LogP contribution < -0.4 is 0 Å². The molecule has 0 saturated carbocycles. The van der Waals surface area contributed by atoms with Crippen LogP contribution in [0.1, 0.15) is 34.7 Å². The highest BCUT2D eigenvalue weighted by Crippen LogP contribution is 2.19. The van der Waals surface area contributed by atoms with Gasteiger partial charge in [0.05, 0.1) is 6.04 Å². The number of nitrogens with one attached hydrogen (secondary N) is 1. The van der Waals surface area contributed by atoms with Gasteiger partial charge in [-0.3, -0.25) is 9.69 Å². The zero-order valence-corrected chi connectivity index (χ0v) is 11.0. The fraction of sp³-hybridized carbons (Fsp3) is 0.214. The molecular formula is C14H15N3O3. The molecule has 1 amide bonds. The molecule has 104 valence electrons. The van der Waals surface area contributed by atoms with Gasteiger partial charge in [-0.05, 0) is 12.5 Å². The minimum atomic E-state index is -1.02. The number of aldehydes is 1. The van der Waals surface area contributed by atoms with Crippen molar-refractivity contribution >= 4 is 12.4 Å². The maximum absolute atomic E-state index is 11.4. The van der Waals surface area contributed by atoms with Gasteiger partial charge in [0.1, 0.15) is 12.1 Å². The molecule has 0 saturated heterocycles. The van der Waals surface area contributed by atoms with Gasteiger partial charge < -0.3 is 10.1 Å². The minimum Gasteiger partial charge on any atom is -0.465 e. The largest absolute Gasteiger partial charge is 0.465 e. The Kier molecular flexibility index (Phi) is 4.14. The van der Waals surface area contributed by atoms with E-state index in [-0.39, 0.29) is 12.6 Å². The van der Waals surface area contributed by atoms with Gasteiger partial charge in [0, 0.05) is 24.5 Å². The van der Waals surface area contributed by atoms with Gasteiger partial charge in [-0.15, -0.1) is 0 Å². The van der Waals surface area contributed by atoms with Crippen LogP contribution in [0.15, 0.2) is 36.7 Å². The molecule has 0 aliphatic heterocycles. The Hall–Kier alpha value is -2.63. The zero-order valence-electron chi connectivity index (χ0n) is 11.0. The van der Waals surface area contributed by atoms with Crippen molar-refractivity contribution in [3.8, 4) is 0 Å². The van der Waals surface area contributed by atoms with Crippen molar-refractivity contribution in [2.45, 2.75) is 19.5 Å². The van der Waals surface area contributed by atoms with Crippen molar-refractivity contribution in [1.29, 1.82) is 0 Å². The Morgan fingerprint density at radius 3 is 2.65 bits per heavy atom. The molecule has 20 heavy (non-hydrogen) atoms. The first-order valence-electron chi connectivity index (χ1n) is 6.14. The summed E-state index contributed by atoms with van der Waals surface area (Å²) < 4.78 is 0. The number of aromatic amines is 1. The quantitative estimate of drug-likeness (QED) is 0.819. The summed E-state index contributed by atoms with van der Waals surface area (Å²) in [5.74, 6) is 0.594. The van der Waals surface area contributed by atoms with Crippen LogP contribution >= 0.6 is 0 Å². The Morgan fingerprint density at radius 2 is 2.15 bits per heavy atom. The molecule has 1 atom stereocenters. The van der Waals surface area contributed by atoms with E-state index in [1.807, 2.05) is 0 Å². The van der Waals surface area contributed by atoms with E-state index >= 15 is 0 Å². The summed E-state index contributed by atoms with van der Waals surface area (Å²) in [5.41, 5.74) is 1.38. The molecule has 0 bridgehead atoms. The molecule has 6 nitrogen and oxygen atoms in total. The SMILES string of the molecule is CC(c1ncc[nH]1)N(Cc1ccc(C=O)cc1)C(=O)O. The van der Waals surface area contributed by atoms with Crippen LogP contribution in [-0.2, 0) is 6.54 Å². The number of amides is 1. The number of carboxylic acid groups (broad SMARTS) is 1. The second-order valence-corrected chi connectivity index (χ2v) is 4.42. The maximum Gasteiger partial charge on any atom is 0.408 e. The van der Waals surface area contributed by atoms with Gasteiger partial charge in [-0.25, -0.2) is 9.78 Å². The molecule has 1 aromatic carbocycles. The number of H-pyrrole nitrogens is 1. The Labute approximate surface area is 116 Å². The smallest absolute Gasteiger partial charge is 0.408 e. The third-order valence-corrected chi connectivity index (χ3v) is 3.10. The third kappa shape index (κ3) is 3.03. The molecule has 6 heteroatoms. The van der Waals surface area contributed by atoms with Gasteiger partial charge in [0.15, 0.2) is 0 Å². The molecule has 0 aliphatic rings. The van der Waals surface area contributed by atoms with Crippen LogP contribution in [0.4, 0.5) is 4.79 Å². The van der Waals surface area contributed by atoms with E-state index in [1.165, 1.54) is 4.90 Å². The van der Waals surface area contributed by atoms with Crippen LogP contribution in [0, 0.1) is 0 Å². The first-order chi connectivity index (χ1) is 9.61. The highest BCUT2D eigenvalue weighted by atomic mass is 16.4. The second-order valence-electron chi connectivity index (χ2n) is 4.42. The topological polar surface area (TPSA) is 86.3 Å². The standard InChI is InChI=1S/C14H15N3O3/c1-10(13-15-6-7-16-13)17(14(19)20)8-11-2-4-12(9-18)5-3-11/h2-7,9-10H,8H2,1H3,(H,15,16)(H,19,20). The lowest BCUT2D eigenvalue weighted by Gasteiger charge is -2.25. The lowest BCUT2D eigenvalue weighted by Crippen LogP contribution is -2.32. The van der Waals surface area contributed by atoms with Crippen molar-refractivity contribution < 1.29 is 14.7 Å². The highest BCUT2D eigenvalue weighted by molar-refractivity contribution is 5.74. The molecule has 0 spiro atoms. The number of carbonyl (C=O) groups excluding carboxylic acids is 1. The fourth-order valence-corrected chi connectivity index (χ4v) is 1.92. The number of hydrogen-bond acceptors (Lipinski definition) is 3. The van der Waals surface area contributed by atoms with Gasteiger partial charge in [0.25, 0.3) is 0 Å². The summed E-state index contributed by atoms with van der Waals surface area (Å²) in [4.78, 5) is 30.3. The molecule has 0 aliphatic carbocycles. The predicted octanol–water partition coefficient (Wildman–Crippen LogP) is 2.46. The van der Waals surface area contributed by atoms with Crippen LogP contribution in [0.3, 0.4) is 0 Å². The second kappa shape index (κ2) is 6.01. The van der Waals surface area contributed by atoms with Crippen molar-refractivity contribution in [3.05, 3.63) is 53.6 Å². The highest BCUT2D eigenvalue weighted by Gasteiger charge is 2.22. The Bertz CT molecular complexity index is 578. The molecule has 1 aromatic heterocycles. The number of nitrogens with zero attached hydrogens (tertiary/aromatic N) is 2. The van der Waals surface area contributed by atoms with E-state index in [9.17, 15) is 14.7 Å². The molecule has 1 heterocycles. The monoisotopic (exact) mass is 273 g/mol. The van der Waals surface area contributed by atoms with E-state index in [4.69, 9.17) is 0 Å². The molecule has 2 rings (SSSR count). The van der Waals surface area contributed by atoms with Gasteiger partial charge in [-0.1, -0.05) is 24.3 Å². The van der Waals surface area contributed by atoms with E-state index in [0.29, 0.717) is 11.4 Å². The Morgan fingerprint density at radius 1 is 1.45 bits per heavy atom. The first kappa shape index (κ1) is 13.8. The van der Waals surface area contributed by atoms with Crippen LogP contribution in [0.2, 0.25) is 0 Å². The summed E-state index contributed by atoms with van der Waals surface area (Å²) in [6.07, 6.45) is 2.98. The van der Waals surface area contributed by atoms with Gasteiger partial charge in [0.2, 0.25) is 0 Å². The van der Waals surface area contributed by atoms with Crippen molar-refractivity contribution in [2.24, 2.45) is 0 Å². The number of carbonyl (C=O) groups is 2. The van der Waals surface area contributed by atoms with E-state index in [0.717, 1.165) is 11.8 Å². The number of imidazole rings is 1. The van der Waals surface area contributed by atoms with Gasteiger partial charge >= 0.3 is 6.09 Å². The summed E-state index contributed by atoms with van der Waals surface area (Å²) in [6, 6.07) is 6.44. The van der Waals surface area contributed by atoms with Gasteiger partial charge in [-0.2, -0.15) is 0 Å². The van der Waals surface area contributed by atoms with Crippen molar-refractivity contribution in [1.82, 2.24) is 14.9 Å². The summed E-state index contributed by atoms with van der Waals surface area (Å²) in [7, 11) is 0. The lowest BCUT2D eigenvalue weighted by atomic mass is 10.1. The van der Waals surface area contributed by atoms with Crippen molar-refractivity contribution in [2.75, 3.05) is 0 Å². The van der Waals surface area contributed by atoms with E-state index < -0.39 is 6.09 Å². The average Bonchev–Trinajstić information content (AvgIpc) is 2.98. The number of aromatic nitrogens is 2. The number of rotatable bonds is 5. The Balaban J connectivity index is 2.16. The van der Waals surface area contributed by atoms with E-state index in [2.05, 4.69) is 9.97 Å². The summed E-state index contributed by atoms with van der Waals surface area (Å²) >= 11 is 0. The lowest BCUT2D eigenvalue weighted by molar-refractivity contribution is 0.112. The number of benzene rings is 1. The van der Waals surface area contributed by atoms with E-state index in [1.54, 1.807) is 43.6 Å². The molecule has 0 fully saturated rings. The normalized spacial score (nSPS) is 11.8. The summed E-state index contributed by atoms with van der Waals surface area (Å²) in [6.45, 7) is 2.00. The summed E-state index contributed by atoms with van der Waals surface area (Å²) in [5, 5.41) is 9.33. The fourth-order valence-electron chi connectivity index (χ4n) is 1.92. The molecule has 2 N–H and O–H groups in total. The predicted molar refractivity (Wildman–Crippen MR) is 72.4 cm³/mol. The molecule has 0 radical (unpaired) electrons. The van der Waals surface area contributed by atoms with Crippen LogP contribution in [-0.4, -0.2) is 32.4 Å².